The fourth-order valence-electron chi connectivity index (χ4n) is 1.67. The smallest absolute Gasteiger partial charge is 0.271 e. The first-order chi connectivity index (χ1) is 8.56. The quantitative estimate of drug-likeness (QED) is 0.641. The van der Waals surface area contributed by atoms with Crippen molar-refractivity contribution in [2.45, 2.75) is 20.4 Å². The summed E-state index contributed by atoms with van der Waals surface area (Å²) in [6, 6.07) is 4.78. The minimum absolute atomic E-state index is 0.0869. The molecule has 6 heteroatoms. The standard InChI is InChI=1S/C12H14N4O2/c1-8-3-4-11(16(17)18)5-12(8)14-7-10-6-13-9(2)15-10/h3-6,14H,7H2,1-2H3,(H,13,15). The summed E-state index contributed by atoms with van der Waals surface area (Å²) in [4.78, 5) is 17.5. The third-order valence-electron chi connectivity index (χ3n) is 2.66. The summed E-state index contributed by atoms with van der Waals surface area (Å²) in [5.74, 6) is 0.850. The molecule has 0 aliphatic rings. The van der Waals surface area contributed by atoms with E-state index in [2.05, 4.69) is 15.3 Å². The third kappa shape index (κ3) is 2.65. The van der Waals surface area contributed by atoms with Crippen molar-refractivity contribution in [3.63, 3.8) is 0 Å². The molecule has 0 amide bonds. The Balaban J connectivity index is 2.13. The van der Waals surface area contributed by atoms with Crippen LogP contribution in [0.15, 0.2) is 24.4 Å². The summed E-state index contributed by atoms with van der Waals surface area (Å²) in [5.41, 5.74) is 2.76. The second kappa shape index (κ2) is 4.87. The SMILES string of the molecule is Cc1ncc(CNc2cc([N+](=O)[O-])ccc2C)[nH]1. The van der Waals surface area contributed by atoms with Crippen LogP contribution in [0.4, 0.5) is 11.4 Å². The first kappa shape index (κ1) is 12.1. The summed E-state index contributed by atoms with van der Waals surface area (Å²) in [7, 11) is 0. The van der Waals surface area contributed by atoms with Crippen LogP contribution >= 0.6 is 0 Å². The minimum Gasteiger partial charge on any atom is -0.379 e. The maximum Gasteiger partial charge on any atom is 0.271 e. The summed E-state index contributed by atoms with van der Waals surface area (Å²) in [6.07, 6.45) is 1.75. The number of hydrogen-bond acceptors (Lipinski definition) is 4. The average molecular weight is 246 g/mol. The number of imidazole rings is 1. The number of aryl methyl sites for hydroxylation is 2. The number of hydrogen-bond donors (Lipinski definition) is 2. The largest absolute Gasteiger partial charge is 0.379 e. The monoisotopic (exact) mass is 246 g/mol. The molecule has 0 saturated heterocycles. The molecule has 6 nitrogen and oxygen atoms in total. The molecule has 0 aliphatic carbocycles. The molecule has 1 aromatic carbocycles. The van der Waals surface area contributed by atoms with Gasteiger partial charge in [0.25, 0.3) is 5.69 Å². The molecule has 0 unspecified atom stereocenters. The molecular weight excluding hydrogens is 232 g/mol. The number of aromatic nitrogens is 2. The Morgan fingerprint density at radius 3 is 2.83 bits per heavy atom. The highest BCUT2D eigenvalue weighted by Gasteiger charge is 2.08. The van der Waals surface area contributed by atoms with Crippen molar-refractivity contribution < 1.29 is 4.92 Å². The Morgan fingerprint density at radius 2 is 2.22 bits per heavy atom. The second-order valence-corrected chi connectivity index (χ2v) is 4.10. The highest BCUT2D eigenvalue weighted by atomic mass is 16.6. The van der Waals surface area contributed by atoms with Gasteiger partial charge in [-0.15, -0.1) is 0 Å². The van der Waals surface area contributed by atoms with Crippen molar-refractivity contribution in [2.24, 2.45) is 0 Å². The van der Waals surface area contributed by atoms with Gasteiger partial charge in [-0.1, -0.05) is 6.07 Å². The molecule has 18 heavy (non-hydrogen) atoms. The van der Waals surface area contributed by atoms with Crippen LogP contribution in [0.5, 0.6) is 0 Å². The van der Waals surface area contributed by atoms with E-state index >= 15 is 0 Å². The molecule has 2 aromatic rings. The number of non-ortho nitro benzene ring substituents is 1. The number of rotatable bonds is 4. The van der Waals surface area contributed by atoms with Crippen molar-refractivity contribution in [2.75, 3.05) is 5.32 Å². The van der Waals surface area contributed by atoms with Gasteiger partial charge in [0.05, 0.1) is 23.4 Å². The number of aromatic amines is 1. The van der Waals surface area contributed by atoms with Crippen molar-refractivity contribution in [1.29, 1.82) is 0 Å². The van der Waals surface area contributed by atoms with E-state index in [0.29, 0.717) is 6.54 Å². The number of nitrogens with one attached hydrogen (secondary N) is 2. The van der Waals surface area contributed by atoms with Crippen LogP contribution < -0.4 is 5.32 Å². The Kier molecular flexibility index (Phi) is 3.27. The highest BCUT2D eigenvalue weighted by Crippen LogP contribution is 2.22. The maximum atomic E-state index is 10.7. The number of nitrogens with zero attached hydrogens (tertiary/aromatic N) is 2. The van der Waals surface area contributed by atoms with Crippen molar-refractivity contribution in [3.05, 3.63) is 51.6 Å². The topological polar surface area (TPSA) is 83.8 Å². The lowest BCUT2D eigenvalue weighted by Crippen LogP contribution is -2.02. The summed E-state index contributed by atoms with van der Waals surface area (Å²) >= 11 is 0. The predicted molar refractivity (Wildman–Crippen MR) is 68.5 cm³/mol. The Bertz CT molecular complexity index is 577. The van der Waals surface area contributed by atoms with E-state index in [4.69, 9.17) is 0 Å². The van der Waals surface area contributed by atoms with Crippen molar-refractivity contribution in [1.82, 2.24) is 9.97 Å². The van der Waals surface area contributed by atoms with Crippen LogP contribution in [0.3, 0.4) is 0 Å². The van der Waals surface area contributed by atoms with Gasteiger partial charge in [-0.25, -0.2) is 4.98 Å². The average Bonchev–Trinajstić information content (AvgIpc) is 2.74. The van der Waals surface area contributed by atoms with Gasteiger partial charge in [-0.2, -0.15) is 0 Å². The van der Waals surface area contributed by atoms with E-state index < -0.39 is 4.92 Å². The van der Waals surface area contributed by atoms with Gasteiger partial charge in [-0.05, 0) is 19.4 Å². The summed E-state index contributed by atoms with van der Waals surface area (Å²) in [6.45, 7) is 4.34. The van der Waals surface area contributed by atoms with E-state index in [1.54, 1.807) is 18.3 Å². The first-order valence-corrected chi connectivity index (χ1v) is 5.55. The number of nitro benzene ring substituents is 1. The van der Waals surface area contributed by atoms with Crippen molar-refractivity contribution >= 4 is 11.4 Å². The molecule has 0 saturated carbocycles. The number of anilines is 1. The van der Waals surface area contributed by atoms with Gasteiger partial charge in [0, 0.05) is 17.8 Å². The van der Waals surface area contributed by atoms with Gasteiger partial charge in [0.1, 0.15) is 5.82 Å². The zero-order valence-electron chi connectivity index (χ0n) is 10.2. The Morgan fingerprint density at radius 1 is 1.44 bits per heavy atom. The molecule has 0 spiro atoms. The number of benzene rings is 1. The van der Waals surface area contributed by atoms with E-state index in [1.807, 2.05) is 13.8 Å². The first-order valence-electron chi connectivity index (χ1n) is 5.55. The fraction of sp³-hybridized carbons (Fsp3) is 0.250. The Labute approximate surface area is 104 Å². The van der Waals surface area contributed by atoms with E-state index in [-0.39, 0.29) is 5.69 Å². The number of H-pyrrole nitrogens is 1. The van der Waals surface area contributed by atoms with E-state index in [0.717, 1.165) is 22.8 Å². The molecule has 0 aliphatic heterocycles. The molecule has 1 heterocycles. The molecule has 2 N–H and O–H groups in total. The van der Waals surface area contributed by atoms with Gasteiger partial charge in [-0.3, -0.25) is 10.1 Å². The van der Waals surface area contributed by atoms with E-state index in [1.165, 1.54) is 6.07 Å². The van der Waals surface area contributed by atoms with Crippen LogP contribution in [0.1, 0.15) is 17.1 Å². The van der Waals surface area contributed by atoms with Crippen molar-refractivity contribution in [3.8, 4) is 0 Å². The Hall–Kier alpha value is -2.37. The lowest BCUT2D eigenvalue weighted by atomic mass is 10.2. The molecule has 0 radical (unpaired) electrons. The molecule has 0 atom stereocenters. The minimum atomic E-state index is -0.398. The van der Waals surface area contributed by atoms with Crippen LogP contribution in [0, 0.1) is 24.0 Å². The normalized spacial score (nSPS) is 10.3. The summed E-state index contributed by atoms with van der Waals surface area (Å²) in [5, 5.41) is 13.9. The van der Waals surface area contributed by atoms with Gasteiger partial charge in [0.15, 0.2) is 0 Å². The second-order valence-electron chi connectivity index (χ2n) is 4.10. The lowest BCUT2D eigenvalue weighted by Gasteiger charge is -2.08. The van der Waals surface area contributed by atoms with E-state index in [9.17, 15) is 10.1 Å². The van der Waals surface area contributed by atoms with Crippen LogP contribution in [-0.4, -0.2) is 14.9 Å². The summed E-state index contributed by atoms with van der Waals surface area (Å²) < 4.78 is 0. The molecule has 0 fully saturated rings. The zero-order chi connectivity index (χ0) is 13.1. The maximum absolute atomic E-state index is 10.7. The predicted octanol–water partition coefficient (Wildman–Crippen LogP) is 2.55. The highest BCUT2D eigenvalue weighted by molar-refractivity contribution is 5.56. The molecule has 0 bridgehead atoms. The zero-order valence-corrected chi connectivity index (χ0v) is 10.2. The van der Waals surface area contributed by atoms with Gasteiger partial charge >= 0.3 is 0 Å². The fourth-order valence-corrected chi connectivity index (χ4v) is 1.67. The lowest BCUT2D eigenvalue weighted by molar-refractivity contribution is -0.384. The van der Waals surface area contributed by atoms with Crippen LogP contribution in [0.2, 0.25) is 0 Å². The molecule has 1 aromatic heterocycles. The molecule has 2 rings (SSSR count). The van der Waals surface area contributed by atoms with Crippen LogP contribution in [0.25, 0.3) is 0 Å². The van der Waals surface area contributed by atoms with Gasteiger partial charge in [0.2, 0.25) is 0 Å². The molecular formula is C12H14N4O2. The van der Waals surface area contributed by atoms with Gasteiger partial charge < -0.3 is 10.3 Å². The van der Waals surface area contributed by atoms with Crippen LogP contribution in [-0.2, 0) is 6.54 Å². The molecule has 94 valence electrons. The number of nitro groups is 1. The third-order valence-corrected chi connectivity index (χ3v) is 2.66.